The maximum absolute atomic E-state index is 11.4. The zero-order valence-electron chi connectivity index (χ0n) is 13.2. The number of carboxylic acids is 2. The summed E-state index contributed by atoms with van der Waals surface area (Å²) in [6.45, 7) is 2.85. The zero-order chi connectivity index (χ0) is 18.9. The van der Waals surface area contributed by atoms with E-state index in [4.69, 9.17) is 21.7 Å². The summed E-state index contributed by atoms with van der Waals surface area (Å²) in [7, 11) is 2.12. The van der Waals surface area contributed by atoms with Crippen molar-refractivity contribution < 1.29 is 29.4 Å². The molecule has 0 aromatic heterocycles. The van der Waals surface area contributed by atoms with Gasteiger partial charge in [-0.25, -0.2) is 9.59 Å². The molecule has 24 heavy (non-hydrogen) atoms. The lowest BCUT2D eigenvalue weighted by molar-refractivity contribution is -0.141. The number of hydrogen-bond acceptors (Lipinski definition) is 8. The van der Waals surface area contributed by atoms with E-state index in [1.165, 1.54) is 13.8 Å². The lowest BCUT2D eigenvalue weighted by atomic mass is 10.3. The lowest BCUT2D eigenvalue weighted by Gasteiger charge is -2.17. The van der Waals surface area contributed by atoms with Gasteiger partial charge in [0.25, 0.3) is 0 Å². The average molecular weight is 382 g/mol. The van der Waals surface area contributed by atoms with Gasteiger partial charge in [-0.1, -0.05) is 21.6 Å². The number of carboxylic acid groups (broad SMARTS) is 2. The van der Waals surface area contributed by atoms with Crippen LogP contribution >= 0.6 is 21.6 Å². The minimum Gasteiger partial charge on any atom is -0.480 e. The molecule has 2 amide bonds. The summed E-state index contributed by atoms with van der Waals surface area (Å²) < 4.78 is 0. The Balaban J connectivity index is 4.39. The van der Waals surface area contributed by atoms with E-state index < -0.39 is 47.9 Å². The Bertz CT molecular complexity index is 432. The molecule has 0 heterocycles. The second-order valence-electron chi connectivity index (χ2n) is 4.95. The van der Waals surface area contributed by atoms with E-state index in [0.29, 0.717) is 0 Å². The van der Waals surface area contributed by atoms with Crippen LogP contribution in [0.4, 0.5) is 0 Å². The van der Waals surface area contributed by atoms with Gasteiger partial charge in [0.15, 0.2) is 0 Å². The smallest absolute Gasteiger partial charge is 0.327 e. The second-order valence-corrected chi connectivity index (χ2v) is 7.50. The second kappa shape index (κ2) is 11.1. The lowest BCUT2D eigenvalue weighted by Crippen LogP contribution is -2.49. The van der Waals surface area contributed by atoms with Crippen LogP contribution in [0.5, 0.6) is 0 Å². The minimum absolute atomic E-state index is 0.00599. The Hall–Kier alpha value is -1.50. The highest BCUT2D eigenvalue weighted by molar-refractivity contribution is 8.76. The SMILES string of the molecule is CC(N)C(=O)NC(CSSCC(NC(=O)C(C)N)C(=O)O)C(=O)O. The van der Waals surface area contributed by atoms with Crippen molar-refractivity contribution >= 4 is 45.3 Å². The first-order valence-corrected chi connectivity index (χ1v) is 9.37. The van der Waals surface area contributed by atoms with Gasteiger partial charge in [-0.3, -0.25) is 9.59 Å². The maximum atomic E-state index is 11.4. The standard InChI is InChI=1S/C12H22N4O6S2/c1-5(13)9(17)15-7(11(19)20)3-23-24-4-8(12(21)22)16-10(18)6(2)14/h5-8H,3-4,13-14H2,1-2H3,(H,15,17)(H,16,18)(H,19,20)(H,21,22). The number of hydrogen-bond donors (Lipinski definition) is 6. The van der Waals surface area contributed by atoms with E-state index in [-0.39, 0.29) is 11.5 Å². The van der Waals surface area contributed by atoms with Crippen LogP contribution in [0.15, 0.2) is 0 Å². The highest BCUT2D eigenvalue weighted by Gasteiger charge is 2.24. The van der Waals surface area contributed by atoms with Crippen LogP contribution in [0.1, 0.15) is 13.8 Å². The van der Waals surface area contributed by atoms with Gasteiger partial charge in [-0.05, 0) is 13.8 Å². The summed E-state index contributed by atoms with van der Waals surface area (Å²) in [6.07, 6.45) is 0. The van der Waals surface area contributed by atoms with Gasteiger partial charge in [0.1, 0.15) is 12.1 Å². The molecule has 0 spiro atoms. The summed E-state index contributed by atoms with van der Waals surface area (Å²) in [4.78, 5) is 45.0. The number of amides is 2. The Labute approximate surface area is 146 Å². The molecule has 0 bridgehead atoms. The highest BCUT2D eigenvalue weighted by atomic mass is 33.1. The predicted molar refractivity (Wildman–Crippen MR) is 91.3 cm³/mol. The number of rotatable bonds is 11. The van der Waals surface area contributed by atoms with Crippen molar-refractivity contribution in [2.24, 2.45) is 11.5 Å². The molecule has 8 N–H and O–H groups in total. The Kier molecular flexibility index (Phi) is 10.4. The van der Waals surface area contributed by atoms with Crippen molar-refractivity contribution in [1.82, 2.24) is 10.6 Å². The van der Waals surface area contributed by atoms with Gasteiger partial charge in [0, 0.05) is 11.5 Å². The van der Waals surface area contributed by atoms with Crippen molar-refractivity contribution in [3.8, 4) is 0 Å². The Morgan fingerprint density at radius 2 is 1.12 bits per heavy atom. The molecular weight excluding hydrogens is 360 g/mol. The van der Waals surface area contributed by atoms with Crippen molar-refractivity contribution in [3.63, 3.8) is 0 Å². The van der Waals surface area contributed by atoms with E-state index in [2.05, 4.69) is 10.6 Å². The first-order chi connectivity index (χ1) is 11.1. The molecule has 138 valence electrons. The molecule has 0 radical (unpaired) electrons. The van der Waals surface area contributed by atoms with Crippen molar-refractivity contribution in [1.29, 1.82) is 0 Å². The van der Waals surface area contributed by atoms with Crippen molar-refractivity contribution in [2.45, 2.75) is 38.0 Å². The molecule has 0 aromatic carbocycles. The van der Waals surface area contributed by atoms with Crippen LogP contribution in [0.2, 0.25) is 0 Å². The third-order valence-corrected chi connectivity index (χ3v) is 5.03. The molecule has 4 atom stereocenters. The molecule has 12 heteroatoms. The van der Waals surface area contributed by atoms with E-state index in [0.717, 1.165) is 21.6 Å². The molecule has 10 nitrogen and oxygen atoms in total. The van der Waals surface area contributed by atoms with Gasteiger partial charge in [-0.15, -0.1) is 0 Å². The van der Waals surface area contributed by atoms with Gasteiger partial charge in [-0.2, -0.15) is 0 Å². The molecule has 0 aromatic rings. The van der Waals surface area contributed by atoms with Crippen LogP contribution in [0.3, 0.4) is 0 Å². The average Bonchev–Trinajstić information content (AvgIpc) is 2.47. The molecule has 0 saturated heterocycles. The van der Waals surface area contributed by atoms with Gasteiger partial charge < -0.3 is 32.3 Å². The van der Waals surface area contributed by atoms with Gasteiger partial charge in [0.05, 0.1) is 12.1 Å². The zero-order valence-corrected chi connectivity index (χ0v) is 14.9. The van der Waals surface area contributed by atoms with E-state index >= 15 is 0 Å². The highest BCUT2D eigenvalue weighted by Crippen LogP contribution is 2.23. The number of nitrogens with one attached hydrogen (secondary N) is 2. The third-order valence-electron chi connectivity index (χ3n) is 2.61. The van der Waals surface area contributed by atoms with E-state index in [9.17, 15) is 19.2 Å². The van der Waals surface area contributed by atoms with Crippen molar-refractivity contribution in [3.05, 3.63) is 0 Å². The summed E-state index contributed by atoms with van der Waals surface area (Å²) in [5.74, 6) is -3.63. The van der Waals surface area contributed by atoms with Crippen LogP contribution < -0.4 is 22.1 Å². The number of nitrogens with two attached hydrogens (primary N) is 2. The van der Waals surface area contributed by atoms with Gasteiger partial charge >= 0.3 is 11.9 Å². The fraction of sp³-hybridized carbons (Fsp3) is 0.667. The van der Waals surface area contributed by atoms with Crippen LogP contribution in [-0.2, 0) is 19.2 Å². The molecule has 0 fully saturated rings. The Morgan fingerprint density at radius 1 is 0.833 bits per heavy atom. The van der Waals surface area contributed by atoms with E-state index in [1.807, 2.05) is 0 Å². The summed E-state index contributed by atoms with van der Waals surface area (Å²) >= 11 is 0. The molecule has 0 saturated carbocycles. The number of carbonyl (C=O) groups is 4. The molecule has 4 unspecified atom stereocenters. The van der Waals surface area contributed by atoms with Crippen LogP contribution in [-0.4, -0.2) is 69.6 Å². The fourth-order valence-corrected chi connectivity index (χ4v) is 3.50. The normalized spacial score (nSPS) is 15.7. The van der Waals surface area contributed by atoms with E-state index in [1.54, 1.807) is 0 Å². The first-order valence-electron chi connectivity index (χ1n) is 6.88. The summed E-state index contributed by atoms with van der Waals surface area (Å²) in [5, 5.41) is 22.6. The van der Waals surface area contributed by atoms with Crippen molar-refractivity contribution in [2.75, 3.05) is 11.5 Å². The quantitative estimate of drug-likeness (QED) is 0.176. The Morgan fingerprint density at radius 3 is 1.33 bits per heavy atom. The fourth-order valence-electron chi connectivity index (χ4n) is 1.19. The summed E-state index contributed by atoms with van der Waals surface area (Å²) in [5.41, 5.74) is 10.7. The largest absolute Gasteiger partial charge is 0.480 e. The van der Waals surface area contributed by atoms with Crippen LogP contribution in [0.25, 0.3) is 0 Å². The summed E-state index contributed by atoms with van der Waals surface area (Å²) in [6, 6.07) is -3.98. The molecule has 0 rings (SSSR count). The molecule has 0 aliphatic rings. The maximum Gasteiger partial charge on any atom is 0.327 e. The third kappa shape index (κ3) is 8.96. The molecule has 0 aliphatic heterocycles. The first kappa shape index (κ1) is 22.5. The van der Waals surface area contributed by atoms with Gasteiger partial charge in [0.2, 0.25) is 11.8 Å². The molecular formula is C12H22N4O6S2. The topological polar surface area (TPSA) is 185 Å². The molecule has 0 aliphatic carbocycles. The minimum atomic E-state index is -1.22. The monoisotopic (exact) mass is 382 g/mol. The predicted octanol–water partition coefficient (Wildman–Crippen LogP) is -1.80. The number of carbonyl (C=O) groups excluding carboxylic acids is 2. The number of aliphatic carboxylic acids is 2. The van der Waals surface area contributed by atoms with Crippen LogP contribution in [0, 0.1) is 0 Å².